The molecule has 5 heteroatoms. The van der Waals surface area contributed by atoms with Gasteiger partial charge in [0.25, 0.3) is 0 Å². The minimum absolute atomic E-state index is 0.0394. The van der Waals surface area contributed by atoms with Crippen LogP contribution in [0.4, 0.5) is 4.79 Å². The molecule has 1 fully saturated rings. The number of likely N-dealkylation sites (N-methyl/N-ethyl adjacent to an activating group) is 1. The molecule has 0 unspecified atom stereocenters. The Balaban J connectivity index is 2.09. The normalized spacial score (nSPS) is 25.4. The SMILES string of the molecule is [2H]c1c(C[C@H]2COC(=O)N2[2H])c([2H])c2c(CCN(C)C([2H])([2H])[2H])c([2H])n([2H])c2c1[2H]. The molecule has 1 aliphatic heterocycles. The highest BCUT2D eigenvalue weighted by molar-refractivity contribution is 5.84. The van der Waals surface area contributed by atoms with Crippen LogP contribution in [0.5, 0.6) is 0 Å². The molecule has 1 saturated heterocycles. The molecule has 1 aliphatic rings. The fourth-order valence-corrected chi connectivity index (χ4v) is 2.21. The lowest BCUT2D eigenvalue weighted by molar-refractivity contribution is 0.177. The summed E-state index contributed by atoms with van der Waals surface area (Å²) in [5.41, 5.74) is 0.299. The minimum Gasteiger partial charge on any atom is -0.447 e. The molecule has 2 N–H and O–H groups in total. The first kappa shape index (κ1) is 6.83. The van der Waals surface area contributed by atoms with Gasteiger partial charge in [-0.15, -0.1) is 0 Å². The second-order valence-corrected chi connectivity index (χ2v) is 5.01. The quantitative estimate of drug-likeness (QED) is 0.886. The van der Waals surface area contributed by atoms with E-state index in [0.29, 0.717) is 10.3 Å². The van der Waals surface area contributed by atoms with Crippen molar-refractivity contribution in [3.63, 3.8) is 0 Å². The third kappa shape index (κ3) is 3.19. The second-order valence-electron chi connectivity index (χ2n) is 5.01. The van der Waals surface area contributed by atoms with Crippen molar-refractivity contribution >= 4 is 17.0 Å². The van der Waals surface area contributed by atoms with Gasteiger partial charge in [-0.05, 0) is 50.1 Å². The highest BCUT2D eigenvalue weighted by Gasteiger charge is 2.22. The average molecular weight is 296 g/mol. The summed E-state index contributed by atoms with van der Waals surface area (Å²) in [6, 6.07) is -1.53. The summed E-state index contributed by atoms with van der Waals surface area (Å²) in [5, 5.41) is 0.775. The first-order valence-corrected chi connectivity index (χ1v) is 6.64. The number of hydrogen-bond acceptors (Lipinski definition) is 3. The van der Waals surface area contributed by atoms with Gasteiger partial charge in [-0.2, -0.15) is 0 Å². The number of aromatic amines is 1. The number of fused-ring (bicyclic) bond motifs is 1. The minimum atomic E-state index is -2.34. The summed E-state index contributed by atoms with van der Waals surface area (Å²) in [6.45, 7) is -2.37. The number of nitrogens with one attached hydrogen (secondary N) is 2. The molecule has 21 heavy (non-hydrogen) atoms. The van der Waals surface area contributed by atoms with Crippen molar-refractivity contribution in [2.45, 2.75) is 18.9 Å². The molecule has 3 rings (SSSR count). The van der Waals surface area contributed by atoms with Crippen LogP contribution in [0.15, 0.2) is 24.3 Å². The Morgan fingerprint density at radius 2 is 2.52 bits per heavy atom. The largest absolute Gasteiger partial charge is 0.447 e. The number of amides is 1. The first-order chi connectivity index (χ1) is 13.9. The van der Waals surface area contributed by atoms with Gasteiger partial charge in [-0.3, -0.25) is 0 Å². The van der Waals surface area contributed by atoms with E-state index in [9.17, 15) is 4.79 Å². The Morgan fingerprint density at radius 3 is 3.29 bits per heavy atom. The van der Waals surface area contributed by atoms with E-state index in [1.165, 1.54) is 7.05 Å². The molecular formula is C16H21N3O2. The molecule has 0 spiro atoms. The topological polar surface area (TPSA) is 57.4 Å². The first-order valence-electron chi connectivity index (χ1n) is 11.0. The molecule has 1 aromatic carbocycles. The lowest BCUT2D eigenvalue weighted by Crippen LogP contribution is -2.28. The van der Waals surface area contributed by atoms with Crippen LogP contribution in [0, 0.1) is 0 Å². The molecule has 0 saturated carbocycles. The van der Waals surface area contributed by atoms with E-state index in [2.05, 4.69) is 0 Å². The van der Waals surface area contributed by atoms with Gasteiger partial charge in [-0.25, -0.2) is 4.79 Å². The lowest BCUT2D eigenvalue weighted by atomic mass is 10.0. The smallest absolute Gasteiger partial charge is 0.407 e. The Morgan fingerprint density at radius 1 is 1.62 bits per heavy atom. The highest BCUT2D eigenvalue weighted by atomic mass is 16.6. The Labute approximate surface area is 137 Å². The number of carbonyl (C=O) groups is 1. The summed E-state index contributed by atoms with van der Waals surface area (Å²) in [4.78, 5) is 13.2. The van der Waals surface area contributed by atoms with Crippen molar-refractivity contribution in [3.8, 4) is 0 Å². The number of H-pyrrole nitrogens is 1. The van der Waals surface area contributed by atoms with Crippen molar-refractivity contribution < 1.29 is 22.0 Å². The Hall–Kier alpha value is -2.01. The molecule has 0 bridgehead atoms. The van der Waals surface area contributed by atoms with Crippen molar-refractivity contribution in [3.05, 3.63) is 35.4 Å². The summed E-state index contributed by atoms with van der Waals surface area (Å²) >= 11 is 0. The van der Waals surface area contributed by atoms with Crippen molar-refractivity contribution in [2.75, 3.05) is 27.2 Å². The Bertz CT molecular complexity index is 1000. The van der Waals surface area contributed by atoms with Gasteiger partial charge in [0, 0.05) is 27.7 Å². The van der Waals surface area contributed by atoms with Crippen LogP contribution in [0.1, 0.15) is 20.7 Å². The summed E-state index contributed by atoms with van der Waals surface area (Å²) in [6.07, 6.45) is -1.10. The molecule has 0 radical (unpaired) electrons. The van der Waals surface area contributed by atoms with Gasteiger partial charge in [0.2, 0.25) is 0 Å². The fourth-order valence-electron chi connectivity index (χ4n) is 2.21. The van der Waals surface area contributed by atoms with Gasteiger partial charge in [0.05, 0.1) is 11.5 Å². The van der Waals surface area contributed by atoms with E-state index in [4.69, 9.17) is 17.2 Å². The number of cyclic esters (lactones) is 1. The number of rotatable bonds is 5. The predicted molar refractivity (Wildman–Crippen MR) is 82.5 cm³/mol. The van der Waals surface area contributed by atoms with Gasteiger partial charge in [0.15, 0.2) is 2.82 Å². The predicted octanol–water partition coefficient (Wildman–Crippen LogP) is 1.92. The highest BCUT2D eigenvalue weighted by Crippen LogP contribution is 2.21. The van der Waals surface area contributed by atoms with Crippen LogP contribution in [0.25, 0.3) is 10.9 Å². The van der Waals surface area contributed by atoms with E-state index in [1.807, 2.05) is 0 Å². The zero-order chi connectivity index (χ0) is 22.5. The lowest BCUT2D eigenvalue weighted by Gasteiger charge is -2.09. The number of aromatic nitrogens is 1. The molecule has 112 valence electrons. The maximum atomic E-state index is 11.4. The van der Waals surface area contributed by atoms with Crippen molar-refractivity contribution in [1.82, 2.24) is 15.2 Å². The van der Waals surface area contributed by atoms with E-state index in [0.717, 1.165) is 4.90 Å². The summed E-state index contributed by atoms with van der Waals surface area (Å²) < 4.78 is 76.4. The fraction of sp³-hybridized carbons (Fsp3) is 0.438. The number of carbonyl (C=O) groups excluding carboxylic acids is 1. The molecule has 2 heterocycles. The van der Waals surface area contributed by atoms with Gasteiger partial charge >= 0.3 is 6.09 Å². The maximum absolute atomic E-state index is 11.4. The third-order valence-corrected chi connectivity index (χ3v) is 3.27. The maximum Gasteiger partial charge on any atom is 0.407 e. The average Bonchev–Trinajstić information content (AvgIpc) is 3.11. The molecule has 1 aromatic heterocycles. The molecule has 1 atom stereocenters. The molecule has 1 amide bonds. The number of ether oxygens (including phenoxy) is 1. The molecule has 2 aromatic rings. The van der Waals surface area contributed by atoms with Crippen molar-refractivity contribution in [1.29, 1.82) is 0 Å². The van der Waals surface area contributed by atoms with Gasteiger partial charge in [-0.1, -0.05) is 6.04 Å². The second kappa shape index (κ2) is 5.77. The number of nitrogens with zero attached hydrogens (tertiary/aromatic N) is 1. The number of hydrogen-bond donors (Lipinski definition) is 2. The van der Waals surface area contributed by atoms with Gasteiger partial charge in [0.1, 0.15) is 6.61 Å². The Kier molecular flexibility index (Phi) is 1.88. The van der Waals surface area contributed by atoms with E-state index < -0.39 is 19.1 Å². The standard InChI is InChI=1S/C16H21N3O2/c1-19(2)6-5-12-9-17-15-4-3-11(8-14(12)15)7-13-10-21-16(20)18-13/h3-4,8-9,13,17H,5-7,10H2,1-2H3,(H,18,20)/t13-/m0/s1/i1D3,3D,4D,8D,9D/hD2. The zero-order valence-corrected chi connectivity index (χ0v) is 11.6. The molecule has 5 nitrogen and oxygen atoms in total. The van der Waals surface area contributed by atoms with Crippen LogP contribution in [-0.4, -0.2) is 49.2 Å². The van der Waals surface area contributed by atoms with Crippen LogP contribution in [0.2, 0.25) is 2.82 Å². The number of benzene rings is 1. The third-order valence-electron chi connectivity index (χ3n) is 3.27. The van der Waals surface area contributed by atoms with Crippen LogP contribution < -0.4 is 5.31 Å². The zero-order valence-electron chi connectivity index (χ0n) is 20.6. The van der Waals surface area contributed by atoms with Crippen LogP contribution in [0.3, 0.4) is 0 Å². The number of alkyl carbamates (subject to hydrolysis) is 1. The van der Waals surface area contributed by atoms with E-state index in [-0.39, 0.29) is 72.3 Å². The van der Waals surface area contributed by atoms with Crippen LogP contribution in [-0.2, 0) is 17.6 Å². The van der Waals surface area contributed by atoms with E-state index in [1.54, 1.807) is 0 Å². The monoisotopic (exact) mass is 296 g/mol. The summed E-state index contributed by atoms with van der Waals surface area (Å²) in [7, 11) is 1.40. The van der Waals surface area contributed by atoms with E-state index >= 15 is 0 Å². The van der Waals surface area contributed by atoms with Crippen LogP contribution >= 0.6 is 0 Å². The van der Waals surface area contributed by atoms with Crippen molar-refractivity contribution in [2.24, 2.45) is 0 Å². The molecule has 0 aliphatic carbocycles. The van der Waals surface area contributed by atoms with Gasteiger partial charge < -0.3 is 19.9 Å². The molecular weight excluding hydrogens is 266 g/mol. The summed E-state index contributed by atoms with van der Waals surface area (Å²) in [5.74, 6) is 0.